The molecule has 0 radical (unpaired) electrons. The summed E-state index contributed by atoms with van der Waals surface area (Å²) in [4.78, 5) is 0. The molecule has 0 bridgehead atoms. The van der Waals surface area contributed by atoms with Gasteiger partial charge in [0.15, 0.2) is 0 Å². The SMILES string of the molecule is N#Cc1c(I)ccc2c1CCCC2N. The van der Waals surface area contributed by atoms with E-state index in [-0.39, 0.29) is 6.04 Å². The number of fused-ring (bicyclic) bond motifs is 1. The molecule has 1 atom stereocenters. The van der Waals surface area contributed by atoms with Crippen LogP contribution in [0.3, 0.4) is 0 Å². The van der Waals surface area contributed by atoms with Crippen LogP contribution in [0.4, 0.5) is 0 Å². The van der Waals surface area contributed by atoms with Gasteiger partial charge >= 0.3 is 0 Å². The molecule has 2 rings (SSSR count). The predicted octanol–water partition coefficient (Wildman–Crippen LogP) is 2.50. The Kier molecular flexibility index (Phi) is 2.75. The molecule has 1 aliphatic rings. The summed E-state index contributed by atoms with van der Waals surface area (Å²) in [6, 6.07) is 6.47. The lowest BCUT2D eigenvalue weighted by Gasteiger charge is -2.23. The highest BCUT2D eigenvalue weighted by atomic mass is 127. The van der Waals surface area contributed by atoms with Crippen molar-refractivity contribution in [2.24, 2.45) is 5.73 Å². The molecule has 0 saturated heterocycles. The number of nitriles is 1. The van der Waals surface area contributed by atoms with Crippen molar-refractivity contribution in [1.82, 2.24) is 0 Å². The van der Waals surface area contributed by atoms with E-state index in [9.17, 15) is 0 Å². The van der Waals surface area contributed by atoms with Gasteiger partial charge < -0.3 is 5.73 Å². The third-order valence-electron chi connectivity index (χ3n) is 2.75. The Balaban J connectivity index is 2.63. The zero-order valence-electron chi connectivity index (χ0n) is 7.76. The zero-order chi connectivity index (χ0) is 10.1. The molecule has 3 heteroatoms. The van der Waals surface area contributed by atoms with Gasteiger partial charge in [-0.3, -0.25) is 0 Å². The first kappa shape index (κ1) is 9.94. The Morgan fingerprint density at radius 3 is 3.00 bits per heavy atom. The highest BCUT2D eigenvalue weighted by Gasteiger charge is 2.20. The molecule has 0 aliphatic heterocycles. The lowest BCUT2D eigenvalue weighted by molar-refractivity contribution is 0.569. The van der Waals surface area contributed by atoms with Gasteiger partial charge in [0.05, 0.1) is 5.56 Å². The standard InChI is InChI=1S/C11H11IN2/c12-10-5-4-8-7(9(10)6-13)2-1-3-11(8)14/h4-5,11H,1-3,14H2. The molecule has 1 unspecified atom stereocenters. The minimum absolute atomic E-state index is 0.128. The van der Waals surface area contributed by atoms with Gasteiger partial charge in [0.2, 0.25) is 0 Å². The second kappa shape index (κ2) is 3.87. The molecule has 1 aliphatic carbocycles. The molecular weight excluding hydrogens is 287 g/mol. The maximum Gasteiger partial charge on any atom is 0.101 e. The first-order chi connectivity index (χ1) is 6.74. The van der Waals surface area contributed by atoms with Crippen molar-refractivity contribution in [3.8, 4) is 6.07 Å². The summed E-state index contributed by atoms with van der Waals surface area (Å²) < 4.78 is 1.04. The number of halogens is 1. The molecule has 0 amide bonds. The molecule has 0 spiro atoms. The van der Waals surface area contributed by atoms with Crippen LogP contribution in [0.25, 0.3) is 0 Å². The molecule has 1 aromatic carbocycles. The van der Waals surface area contributed by atoms with Crippen molar-refractivity contribution in [2.45, 2.75) is 25.3 Å². The van der Waals surface area contributed by atoms with E-state index in [1.807, 2.05) is 6.07 Å². The smallest absolute Gasteiger partial charge is 0.101 e. The maximum atomic E-state index is 9.07. The highest BCUT2D eigenvalue weighted by Crippen LogP contribution is 2.31. The van der Waals surface area contributed by atoms with E-state index >= 15 is 0 Å². The third-order valence-corrected chi connectivity index (χ3v) is 3.65. The number of benzene rings is 1. The van der Waals surface area contributed by atoms with E-state index in [0.717, 1.165) is 28.4 Å². The first-order valence-electron chi connectivity index (χ1n) is 4.71. The summed E-state index contributed by atoms with van der Waals surface area (Å²) in [5, 5.41) is 9.07. The molecular formula is C11H11IN2. The summed E-state index contributed by atoms with van der Waals surface area (Å²) in [6.07, 6.45) is 3.14. The average molecular weight is 298 g/mol. The summed E-state index contributed by atoms with van der Waals surface area (Å²) in [6.45, 7) is 0. The third kappa shape index (κ3) is 1.53. The van der Waals surface area contributed by atoms with Crippen LogP contribution in [0.5, 0.6) is 0 Å². The van der Waals surface area contributed by atoms with Crippen LogP contribution in [-0.2, 0) is 6.42 Å². The number of hydrogen-bond donors (Lipinski definition) is 1. The Labute approximate surface area is 97.2 Å². The molecule has 14 heavy (non-hydrogen) atoms. The van der Waals surface area contributed by atoms with Crippen LogP contribution in [0, 0.1) is 14.9 Å². The molecule has 0 aromatic heterocycles. The largest absolute Gasteiger partial charge is 0.324 e. The second-order valence-corrected chi connectivity index (χ2v) is 4.76. The van der Waals surface area contributed by atoms with Crippen molar-refractivity contribution in [3.05, 3.63) is 32.4 Å². The summed E-state index contributed by atoms with van der Waals surface area (Å²) in [7, 11) is 0. The Bertz CT molecular complexity index is 406. The van der Waals surface area contributed by atoms with E-state index in [1.54, 1.807) is 0 Å². The Morgan fingerprint density at radius 1 is 1.50 bits per heavy atom. The average Bonchev–Trinajstić information content (AvgIpc) is 2.18. The number of nitrogens with two attached hydrogens (primary N) is 1. The van der Waals surface area contributed by atoms with Crippen LogP contribution in [0.15, 0.2) is 12.1 Å². The lowest BCUT2D eigenvalue weighted by atomic mass is 9.86. The van der Waals surface area contributed by atoms with Crippen molar-refractivity contribution >= 4 is 22.6 Å². The van der Waals surface area contributed by atoms with Crippen LogP contribution >= 0.6 is 22.6 Å². The number of hydrogen-bond acceptors (Lipinski definition) is 2. The quantitative estimate of drug-likeness (QED) is 0.748. The summed E-state index contributed by atoms with van der Waals surface area (Å²) in [5.74, 6) is 0. The fraction of sp³-hybridized carbons (Fsp3) is 0.364. The van der Waals surface area contributed by atoms with Crippen LogP contribution in [0.2, 0.25) is 0 Å². The van der Waals surface area contributed by atoms with Crippen molar-refractivity contribution in [3.63, 3.8) is 0 Å². The Hall–Kier alpha value is -0.600. The highest BCUT2D eigenvalue weighted by molar-refractivity contribution is 14.1. The summed E-state index contributed by atoms with van der Waals surface area (Å²) in [5.41, 5.74) is 9.19. The van der Waals surface area contributed by atoms with Crippen molar-refractivity contribution < 1.29 is 0 Å². The van der Waals surface area contributed by atoms with Gasteiger partial charge in [-0.25, -0.2) is 0 Å². The van der Waals surface area contributed by atoms with Crippen LogP contribution < -0.4 is 5.73 Å². The van der Waals surface area contributed by atoms with Gasteiger partial charge in [-0.1, -0.05) is 6.07 Å². The molecule has 0 saturated carbocycles. The van der Waals surface area contributed by atoms with E-state index < -0.39 is 0 Å². The topological polar surface area (TPSA) is 49.8 Å². The maximum absolute atomic E-state index is 9.07. The van der Waals surface area contributed by atoms with E-state index in [2.05, 4.69) is 34.7 Å². The van der Waals surface area contributed by atoms with Gasteiger partial charge in [0.1, 0.15) is 6.07 Å². The van der Waals surface area contributed by atoms with Crippen molar-refractivity contribution in [1.29, 1.82) is 5.26 Å². The number of rotatable bonds is 0. The fourth-order valence-electron chi connectivity index (χ4n) is 2.03. The van der Waals surface area contributed by atoms with E-state index in [1.165, 1.54) is 11.1 Å². The van der Waals surface area contributed by atoms with E-state index in [0.29, 0.717) is 0 Å². The van der Waals surface area contributed by atoms with Crippen LogP contribution in [-0.4, -0.2) is 0 Å². The minimum Gasteiger partial charge on any atom is -0.324 e. The minimum atomic E-state index is 0.128. The van der Waals surface area contributed by atoms with Crippen molar-refractivity contribution in [2.75, 3.05) is 0 Å². The monoisotopic (exact) mass is 298 g/mol. The normalized spacial score (nSPS) is 19.9. The van der Waals surface area contributed by atoms with Gasteiger partial charge in [0.25, 0.3) is 0 Å². The molecule has 1 aromatic rings. The molecule has 0 fully saturated rings. The van der Waals surface area contributed by atoms with Gasteiger partial charge in [-0.2, -0.15) is 5.26 Å². The zero-order valence-corrected chi connectivity index (χ0v) is 9.91. The second-order valence-electron chi connectivity index (χ2n) is 3.60. The fourth-order valence-corrected chi connectivity index (χ4v) is 2.65. The van der Waals surface area contributed by atoms with Gasteiger partial charge in [-0.15, -0.1) is 0 Å². The van der Waals surface area contributed by atoms with Crippen LogP contribution in [0.1, 0.15) is 35.6 Å². The Morgan fingerprint density at radius 2 is 2.29 bits per heavy atom. The summed E-state index contributed by atoms with van der Waals surface area (Å²) >= 11 is 2.21. The molecule has 72 valence electrons. The predicted molar refractivity (Wildman–Crippen MR) is 63.7 cm³/mol. The number of nitrogens with zero attached hydrogens (tertiary/aromatic N) is 1. The first-order valence-corrected chi connectivity index (χ1v) is 5.79. The molecule has 0 heterocycles. The molecule has 2 N–H and O–H groups in total. The lowest BCUT2D eigenvalue weighted by Crippen LogP contribution is -2.18. The van der Waals surface area contributed by atoms with E-state index in [4.69, 9.17) is 11.0 Å². The van der Waals surface area contributed by atoms with Gasteiger partial charge in [0, 0.05) is 9.61 Å². The van der Waals surface area contributed by atoms with Gasteiger partial charge in [-0.05, 0) is 59.0 Å². The molecule has 2 nitrogen and oxygen atoms in total.